The molecular formula is C23H20ClN3S2. The second-order valence-corrected chi connectivity index (χ2v) is 9.27. The van der Waals surface area contributed by atoms with Crippen molar-refractivity contribution in [3.8, 4) is 0 Å². The number of halogens is 1. The first-order valence-electron chi connectivity index (χ1n) is 9.80. The minimum absolute atomic E-state index is 0.0124. The summed E-state index contributed by atoms with van der Waals surface area (Å²) in [5, 5.41) is 12.8. The third-order valence-electron chi connectivity index (χ3n) is 5.48. The molecule has 1 N–H and O–H groups in total. The van der Waals surface area contributed by atoms with E-state index in [9.17, 15) is 0 Å². The zero-order chi connectivity index (χ0) is 19.8. The van der Waals surface area contributed by atoms with Gasteiger partial charge in [0.25, 0.3) is 0 Å². The number of benzene rings is 2. The predicted octanol–water partition coefficient (Wildman–Crippen LogP) is 6.42. The molecule has 146 valence electrons. The monoisotopic (exact) mass is 437 g/mol. The Labute approximate surface area is 185 Å². The number of hydrogen-bond donors (Lipinski definition) is 1. The summed E-state index contributed by atoms with van der Waals surface area (Å²) in [6.45, 7) is 0. The smallest absolute Gasteiger partial charge is 0.195 e. The number of thiocarbonyl (C=S) groups is 1. The molecule has 29 heavy (non-hydrogen) atoms. The van der Waals surface area contributed by atoms with Gasteiger partial charge in [0.2, 0.25) is 0 Å². The van der Waals surface area contributed by atoms with Crippen molar-refractivity contribution in [3.63, 3.8) is 0 Å². The molecule has 2 aromatic carbocycles. The van der Waals surface area contributed by atoms with E-state index in [4.69, 9.17) is 28.9 Å². The van der Waals surface area contributed by atoms with Crippen LogP contribution in [0.2, 0.25) is 5.02 Å². The number of nitrogens with one attached hydrogen (secondary N) is 1. The van der Waals surface area contributed by atoms with Crippen LogP contribution in [0, 0.1) is 0 Å². The van der Waals surface area contributed by atoms with Crippen molar-refractivity contribution in [2.75, 3.05) is 5.32 Å². The quantitative estimate of drug-likeness (QED) is 0.378. The summed E-state index contributed by atoms with van der Waals surface area (Å²) in [4.78, 5) is 1.50. The standard InChI is InChI=1S/C23H20ClN3S2/c24-17-12-10-15(11-13-17)14-25-27-21(16-6-2-1-3-7-16)20-18-8-4-5-9-19(18)29-22(20)26-23(27)28/h1-3,6-7,10-14,21H,4-5,8-9H2,(H,26,28)/b25-14+. The lowest BCUT2D eigenvalue weighted by Gasteiger charge is -2.35. The highest BCUT2D eigenvalue weighted by molar-refractivity contribution is 7.80. The topological polar surface area (TPSA) is 27.6 Å². The minimum atomic E-state index is -0.0124. The number of nitrogens with zero attached hydrogens (tertiary/aromatic N) is 2. The zero-order valence-electron chi connectivity index (χ0n) is 15.8. The maximum Gasteiger partial charge on any atom is 0.195 e. The average molecular weight is 438 g/mol. The summed E-state index contributed by atoms with van der Waals surface area (Å²) in [5.41, 5.74) is 5.03. The second kappa shape index (κ2) is 7.90. The van der Waals surface area contributed by atoms with Crippen molar-refractivity contribution in [2.24, 2.45) is 5.10 Å². The lowest BCUT2D eigenvalue weighted by Crippen LogP contribution is -2.39. The number of hydrogen-bond acceptors (Lipinski definition) is 3. The summed E-state index contributed by atoms with van der Waals surface area (Å²) in [6, 6.07) is 18.2. The molecule has 0 bridgehead atoms. The van der Waals surface area contributed by atoms with Crippen LogP contribution < -0.4 is 5.32 Å². The first kappa shape index (κ1) is 18.8. The lowest BCUT2D eigenvalue weighted by atomic mass is 9.89. The summed E-state index contributed by atoms with van der Waals surface area (Å²) in [6.07, 6.45) is 6.66. The van der Waals surface area contributed by atoms with Gasteiger partial charge in [-0.15, -0.1) is 11.3 Å². The molecule has 1 aromatic heterocycles. The van der Waals surface area contributed by atoms with Gasteiger partial charge in [-0.3, -0.25) is 0 Å². The highest BCUT2D eigenvalue weighted by atomic mass is 35.5. The molecule has 0 fully saturated rings. The molecule has 1 aliphatic heterocycles. The van der Waals surface area contributed by atoms with Crippen LogP contribution in [0.5, 0.6) is 0 Å². The normalized spacial score (nSPS) is 18.4. The molecule has 5 rings (SSSR count). The number of hydrazone groups is 1. The largest absolute Gasteiger partial charge is 0.322 e. The summed E-state index contributed by atoms with van der Waals surface area (Å²) < 4.78 is 0. The Morgan fingerprint density at radius 2 is 1.83 bits per heavy atom. The van der Waals surface area contributed by atoms with Gasteiger partial charge in [0.05, 0.1) is 6.21 Å². The summed E-state index contributed by atoms with van der Waals surface area (Å²) >= 11 is 13.6. The molecule has 0 spiro atoms. The minimum Gasteiger partial charge on any atom is -0.322 e. The molecule has 0 saturated heterocycles. The van der Waals surface area contributed by atoms with Crippen molar-refractivity contribution in [1.29, 1.82) is 0 Å². The fraction of sp³-hybridized carbons (Fsp3) is 0.217. The number of thiophene rings is 1. The van der Waals surface area contributed by atoms with E-state index in [-0.39, 0.29) is 6.04 Å². The van der Waals surface area contributed by atoms with E-state index >= 15 is 0 Å². The van der Waals surface area contributed by atoms with E-state index in [1.54, 1.807) is 0 Å². The Hall–Kier alpha value is -2.21. The van der Waals surface area contributed by atoms with Crippen molar-refractivity contribution in [2.45, 2.75) is 31.7 Å². The van der Waals surface area contributed by atoms with E-state index in [2.05, 4.69) is 29.6 Å². The van der Waals surface area contributed by atoms with Crippen LogP contribution in [0.1, 0.15) is 46.0 Å². The van der Waals surface area contributed by atoms with Crippen LogP contribution in [0.3, 0.4) is 0 Å². The van der Waals surface area contributed by atoms with E-state index in [1.807, 2.05) is 52.9 Å². The van der Waals surface area contributed by atoms with Crippen LogP contribution >= 0.6 is 35.2 Å². The van der Waals surface area contributed by atoms with Gasteiger partial charge in [-0.25, -0.2) is 5.01 Å². The van der Waals surface area contributed by atoms with Crippen LogP contribution in [0.25, 0.3) is 0 Å². The van der Waals surface area contributed by atoms with Gasteiger partial charge in [0, 0.05) is 15.5 Å². The maximum atomic E-state index is 6.01. The number of aryl methyl sites for hydroxylation is 1. The Bertz CT molecular complexity index is 1070. The highest BCUT2D eigenvalue weighted by Gasteiger charge is 2.36. The molecule has 2 heterocycles. The zero-order valence-corrected chi connectivity index (χ0v) is 18.2. The van der Waals surface area contributed by atoms with E-state index < -0.39 is 0 Å². The first-order valence-corrected chi connectivity index (χ1v) is 11.4. The first-order chi connectivity index (χ1) is 14.2. The van der Waals surface area contributed by atoms with Crippen LogP contribution in [-0.2, 0) is 12.8 Å². The Balaban J connectivity index is 1.61. The van der Waals surface area contributed by atoms with E-state index in [1.165, 1.54) is 39.4 Å². The van der Waals surface area contributed by atoms with E-state index in [0.717, 1.165) is 18.4 Å². The maximum absolute atomic E-state index is 6.01. The fourth-order valence-corrected chi connectivity index (χ4v) is 5.87. The summed E-state index contributed by atoms with van der Waals surface area (Å²) in [7, 11) is 0. The third kappa shape index (κ3) is 3.59. The number of fused-ring (bicyclic) bond motifs is 3. The fourth-order valence-electron chi connectivity index (χ4n) is 4.11. The molecule has 0 amide bonds. The van der Waals surface area contributed by atoms with Gasteiger partial charge in [-0.1, -0.05) is 54.1 Å². The van der Waals surface area contributed by atoms with Crippen molar-refractivity contribution < 1.29 is 0 Å². The molecule has 6 heteroatoms. The molecule has 1 unspecified atom stereocenters. The van der Waals surface area contributed by atoms with Crippen LogP contribution in [0.15, 0.2) is 59.7 Å². The van der Waals surface area contributed by atoms with Gasteiger partial charge in [0.1, 0.15) is 11.0 Å². The van der Waals surface area contributed by atoms with E-state index in [0.29, 0.717) is 10.1 Å². The molecule has 0 saturated carbocycles. The van der Waals surface area contributed by atoms with Crippen molar-refractivity contribution >= 4 is 51.5 Å². The Morgan fingerprint density at radius 1 is 1.07 bits per heavy atom. The molecule has 0 radical (unpaired) electrons. The SMILES string of the molecule is S=C1Nc2sc3c(c2C(c2ccccc2)N1/N=C/c1ccc(Cl)cc1)CCCC3. The van der Waals surface area contributed by atoms with Gasteiger partial charge in [0.15, 0.2) is 5.11 Å². The molecule has 1 aliphatic carbocycles. The molecular weight excluding hydrogens is 418 g/mol. The molecule has 3 nitrogen and oxygen atoms in total. The number of rotatable bonds is 3. The molecule has 3 aromatic rings. The van der Waals surface area contributed by atoms with Crippen molar-refractivity contribution in [1.82, 2.24) is 5.01 Å². The van der Waals surface area contributed by atoms with Crippen molar-refractivity contribution in [3.05, 3.63) is 86.8 Å². The Kier molecular flexibility index (Phi) is 5.12. The van der Waals surface area contributed by atoms with Gasteiger partial charge in [-0.05, 0) is 66.7 Å². The van der Waals surface area contributed by atoms with Gasteiger partial charge in [-0.2, -0.15) is 5.10 Å². The average Bonchev–Trinajstić information content (AvgIpc) is 3.11. The second-order valence-electron chi connectivity index (χ2n) is 7.34. The van der Waals surface area contributed by atoms with Crippen LogP contribution in [-0.4, -0.2) is 16.3 Å². The predicted molar refractivity (Wildman–Crippen MR) is 126 cm³/mol. The Morgan fingerprint density at radius 3 is 2.62 bits per heavy atom. The van der Waals surface area contributed by atoms with Crippen LogP contribution in [0.4, 0.5) is 5.00 Å². The molecule has 2 aliphatic rings. The highest BCUT2D eigenvalue weighted by Crippen LogP contribution is 2.48. The lowest BCUT2D eigenvalue weighted by molar-refractivity contribution is 0.377. The number of anilines is 1. The molecule has 1 atom stereocenters. The van der Waals surface area contributed by atoms with Gasteiger partial charge < -0.3 is 5.32 Å². The summed E-state index contributed by atoms with van der Waals surface area (Å²) in [5.74, 6) is 0. The van der Waals surface area contributed by atoms with Gasteiger partial charge >= 0.3 is 0 Å². The third-order valence-corrected chi connectivity index (χ3v) is 7.24.